The van der Waals surface area contributed by atoms with E-state index < -0.39 is 17.8 Å². The van der Waals surface area contributed by atoms with Crippen molar-refractivity contribution in [3.05, 3.63) is 22.7 Å². The van der Waals surface area contributed by atoms with E-state index in [0.29, 0.717) is 16.3 Å². The summed E-state index contributed by atoms with van der Waals surface area (Å²) >= 11 is 7.48. The van der Waals surface area contributed by atoms with Crippen LogP contribution < -0.4 is 5.32 Å². The molecular weight excluding hydrogens is 274 g/mol. The summed E-state index contributed by atoms with van der Waals surface area (Å²) < 4.78 is 0. The number of carbonyl (C=O) groups excluding carboxylic acids is 2. The second kappa shape index (κ2) is 4.91. The van der Waals surface area contributed by atoms with Crippen molar-refractivity contribution in [1.29, 1.82) is 0 Å². The number of anilines is 1. The van der Waals surface area contributed by atoms with Crippen molar-refractivity contribution < 1.29 is 14.7 Å². The van der Waals surface area contributed by atoms with Gasteiger partial charge in [0, 0.05) is 10.1 Å². The van der Waals surface area contributed by atoms with Crippen molar-refractivity contribution >= 4 is 40.7 Å². The molecule has 2 rings (SSSR count). The molecule has 1 aromatic carbocycles. The third-order valence-corrected chi connectivity index (χ3v) is 4.55. The van der Waals surface area contributed by atoms with Gasteiger partial charge in [0.15, 0.2) is 0 Å². The number of aliphatic hydroxyl groups is 1. The second-order valence-electron chi connectivity index (χ2n) is 4.18. The molecule has 1 aliphatic heterocycles. The highest BCUT2D eigenvalue weighted by molar-refractivity contribution is 8.00. The van der Waals surface area contributed by atoms with Gasteiger partial charge in [0.1, 0.15) is 0 Å². The van der Waals surface area contributed by atoms with Crippen LogP contribution in [0.3, 0.4) is 0 Å². The Balaban J connectivity index is 2.33. The van der Waals surface area contributed by atoms with Crippen LogP contribution in [0.25, 0.3) is 0 Å². The van der Waals surface area contributed by atoms with Crippen molar-refractivity contribution in [1.82, 2.24) is 0 Å². The lowest BCUT2D eigenvalue weighted by atomic mass is 10.1. The van der Waals surface area contributed by atoms with Crippen LogP contribution in [0.15, 0.2) is 17.0 Å². The van der Waals surface area contributed by atoms with Crippen LogP contribution >= 0.6 is 23.4 Å². The zero-order chi connectivity index (χ0) is 13.4. The standard InChI is InChI=1S/C12H12ClNO3S/c1-5(15)6(2)18-10-4-9-7(3-8(10)13)11(16)12(17)14-9/h3-6,15H,1-2H3,(H,14,16,17). The maximum atomic E-state index is 11.5. The number of amides is 1. The number of hydrogen-bond donors (Lipinski definition) is 2. The lowest BCUT2D eigenvalue weighted by molar-refractivity contribution is -0.112. The molecule has 6 heteroatoms. The van der Waals surface area contributed by atoms with Gasteiger partial charge in [0.25, 0.3) is 11.7 Å². The Hall–Kier alpha value is -1.04. The van der Waals surface area contributed by atoms with Crippen LogP contribution in [0, 0.1) is 0 Å². The highest BCUT2D eigenvalue weighted by Crippen LogP contribution is 2.37. The molecular formula is C12H12ClNO3S. The summed E-state index contributed by atoms with van der Waals surface area (Å²) in [6.07, 6.45) is -0.476. The maximum Gasteiger partial charge on any atom is 0.296 e. The largest absolute Gasteiger partial charge is 0.392 e. The van der Waals surface area contributed by atoms with Crippen LogP contribution in [0.5, 0.6) is 0 Å². The number of aliphatic hydroxyl groups excluding tert-OH is 1. The first kappa shape index (κ1) is 13.4. The first-order valence-corrected chi connectivity index (χ1v) is 6.70. The average Bonchev–Trinajstić information content (AvgIpc) is 2.56. The van der Waals surface area contributed by atoms with E-state index in [4.69, 9.17) is 11.6 Å². The molecule has 4 nitrogen and oxygen atoms in total. The number of carbonyl (C=O) groups is 2. The fourth-order valence-electron chi connectivity index (χ4n) is 1.54. The Bertz CT molecular complexity index is 530. The van der Waals surface area contributed by atoms with E-state index in [2.05, 4.69) is 5.32 Å². The molecule has 0 saturated heterocycles. The van der Waals surface area contributed by atoms with Gasteiger partial charge < -0.3 is 10.4 Å². The molecule has 2 unspecified atom stereocenters. The van der Waals surface area contributed by atoms with Crippen LogP contribution in [-0.4, -0.2) is 28.2 Å². The number of nitrogens with one attached hydrogen (secondary N) is 1. The zero-order valence-electron chi connectivity index (χ0n) is 9.86. The number of hydrogen-bond acceptors (Lipinski definition) is 4. The van der Waals surface area contributed by atoms with Crippen LogP contribution in [-0.2, 0) is 4.79 Å². The average molecular weight is 286 g/mol. The minimum Gasteiger partial charge on any atom is -0.392 e. The maximum absolute atomic E-state index is 11.5. The van der Waals surface area contributed by atoms with E-state index in [0.717, 1.165) is 4.90 Å². The number of ketones is 1. The summed E-state index contributed by atoms with van der Waals surface area (Å²) in [5.41, 5.74) is 0.786. The van der Waals surface area contributed by atoms with Crippen molar-refractivity contribution in [3.8, 4) is 0 Å². The topological polar surface area (TPSA) is 66.4 Å². The zero-order valence-corrected chi connectivity index (χ0v) is 11.4. The van der Waals surface area contributed by atoms with Crippen LogP contribution in [0.4, 0.5) is 5.69 Å². The lowest BCUT2D eigenvalue weighted by Crippen LogP contribution is -2.14. The van der Waals surface area contributed by atoms with E-state index in [1.807, 2.05) is 6.92 Å². The van der Waals surface area contributed by atoms with Crippen molar-refractivity contribution in [2.24, 2.45) is 0 Å². The quantitative estimate of drug-likeness (QED) is 0.661. The monoisotopic (exact) mass is 285 g/mol. The number of rotatable bonds is 3. The predicted octanol–water partition coefficient (Wildman–Crippen LogP) is 2.34. The number of benzene rings is 1. The Labute approximate surface area is 114 Å². The second-order valence-corrected chi connectivity index (χ2v) is 6.00. The summed E-state index contributed by atoms with van der Waals surface area (Å²) in [6.45, 7) is 3.58. The van der Waals surface area contributed by atoms with Gasteiger partial charge in [-0.3, -0.25) is 9.59 Å². The Morgan fingerprint density at radius 2 is 2.00 bits per heavy atom. The molecule has 1 aromatic rings. The minimum absolute atomic E-state index is 0.0339. The van der Waals surface area contributed by atoms with Gasteiger partial charge in [-0.15, -0.1) is 11.8 Å². The first-order valence-electron chi connectivity index (χ1n) is 5.44. The van der Waals surface area contributed by atoms with Gasteiger partial charge in [-0.05, 0) is 19.1 Å². The smallest absolute Gasteiger partial charge is 0.296 e. The number of Topliss-reactive ketones (excluding diaryl/α,β-unsaturated/α-hetero) is 1. The molecule has 1 heterocycles. The van der Waals surface area contributed by atoms with Gasteiger partial charge in [-0.25, -0.2) is 0 Å². The third-order valence-electron chi connectivity index (χ3n) is 2.76. The molecule has 0 radical (unpaired) electrons. The first-order chi connectivity index (χ1) is 8.40. The summed E-state index contributed by atoms with van der Waals surface area (Å²) in [4.78, 5) is 23.4. The van der Waals surface area contributed by atoms with Gasteiger partial charge in [-0.1, -0.05) is 18.5 Å². The van der Waals surface area contributed by atoms with Gasteiger partial charge in [-0.2, -0.15) is 0 Å². The molecule has 18 heavy (non-hydrogen) atoms. The van der Waals surface area contributed by atoms with Crippen LogP contribution in [0.1, 0.15) is 24.2 Å². The highest BCUT2D eigenvalue weighted by atomic mass is 35.5. The van der Waals surface area contributed by atoms with Gasteiger partial charge in [0.2, 0.25) is 0 Å². The van der Waals surface area contributed by atoms with Gasteiger partial charge >= 0.3 is 0 Å². The summed E-state index contributed by atoms with van der Waals surface area (Å²) in [5, 5.41) is 12.3. The van der Waals surface area contributed by atoms with E-state index >= 15 is 0 Å². The normalized spacial score (nSPS) is 17.3. The molecule has 0 aliphatic carbocycles. The Kier molecular flexibility index (Phi) is 3.66. The highest BCUT2D eigenvalue weighted by Gasteiger charge is 2.29. The fourth-order valence-corrected chi connectivity index (χ4v) is 2.79. The van der Waals surface area contributed by atoms with Crippen molar-refractivity contribution in [2.45, 2.75) is 30.1 Å². The van der Waals surface area contributed by atoms with Crippen molar-refractivity contribution in [2.75, 3.05) is 5.32 Å². The molecule has 2 atom stereocenters. The Morgan fingerprint density at radius 3 is 2.61 bits per heavy atom. The number of fused-ring (bicyclic) bond motifs is 1. The number of thioether (sulfide) groups is 1. The summed E-state index contributed by atoms with van der Waals surface area (Å²) in [6, 6.07) is 3.16. The molecule has 0 bridgehead atoms. The molecule has 2 N–H and O–H groups in total. The number of halogens is 1. The lowest BCUT2D eigenvalue weighted by Gasteiger charge is -2.15. The van der Waals surface area contributed by atoms with Crippen LogP contribution in [0.2, 0.25) is 5.02 Å². The molecule has 0 aromatic heterocycles. The minimum atomic E-state index is -0.633. The summed E-state index contributed by atoms with van der Waals surface area (Å²) in [7, 11) is 0. The molecule has 96 valence electrons. The predicted molar refractivity (Wildman–Crippen MR) is 71.4 cm³/mol. The SMILES string of the molecule is CC(O)C(C)Sc1cc2c(cc1Cl)C(=O)C(=O)N2. The Morgan fingerprint density at radius 1 is 1.33 bits per heavy atom. The summed E-state index contributed by atoms with van der Waals surface area (Å²) in [5.74, 6) is -1.20. The van der Waals surface area contributed by atoms with Crippen molar-refractivity contribution in [3.63, 3.8) is 0 Å². The van der Waals surface area contributed by atoms with E-state index in [9.17, 15) is 14.7 Å². The third kappa shape index (κ3) is 2.39. The van der Waals surface area contributed by atoms with E-state index in [1.165, 1.54) is 17.8 Å². The van der Waals surface area contributed by atoms with E-state index in [1.54, 1.807) is 13.0 Å². The molecule has 1 amide bonds. The fraction of sp³-hybridized carbons (Fsp3) is 0.333. The molecule has 0 spiro atoms. The molecule has 0 fully saturated rings. The van der Waals surface area contributed by atoms with Gasteiger partial charge in [0.05, 0.1) is 22.4 Å². The molecule has 1 aliphatic rings. The van der Waals surface area contributed by atoms with E-state index in [-0.39, 0.29) is 5.25 Å². The molecule has 0 saturated carbocycles.